The second-order valence-electron chi connectivity index (χ2n) is 7.45. The topological polar surface area (TPSA) is 83.1 Å². The van der Waals surface area contributed by atoms with Gasteiger partial charge in [-0.15, -0.1) is 0 Å². The number of piperidine rings is 1. The van der Waals surface area contributed by atoms with Gasteiger partial charge in [0.05, 0.1) is 10.6 Å². The van der Waals surface area contributed by atoms with E-state index in [4.69, 9.17) is 0 Å². The van der Waals surface area contributed by atoms with Crippen molar-refractivity contribution < 1.29 is 8.42 Å². The van der Waals surface area contributed by atoms with Crippen molar-refractivity contribution in [1.82, 2.24) is 14.5 Å². The molecule has 1 fully saturated rings. The van der Waals surface area contributed by atoms with Crippen LogP contribution < -0.4 is 5.56 Å². The van der Waals surface area contributed by atoms with Gasteiger partial charge in [-0.1, -0.05) is 26.0 Å². The van der Waals surface area contributed by atoms with Crippen molar-refractivity contribution in [2.24, 2.45) is 11.8 Å². The lowest BCUT2D eigenvalue weighted by Gasteiger charge is -2.34. The second-order valence-corrected chi connectivity index (χ2v) is 9.39. The van der Waals surface area contributed by atoms with Gasteiger partial charge in [0.2, 0.25) is 10.0 Å². The van der Waals surface area contributed by atoms with Crippen molar-refractivity contribution in [1.29, 1.82) is 0 Å². The molecule has 1 aromatic heterocycles. The lowest BCUT2D eigenvalue weighted by Crippen LogP contribution is -2.42. The summed E-state index contributed by atoms with van der Waals surface area (Å²) in [6, 6.07) is 8.57. The van der Waals surface area contributed by atoms with E-state index in [1.165, 1.54) is 0 Å². The van der Waals surface area contributed by atoms with E-state index in [0.717, 1.165) is 17.7 Å². The third kappa shape index (κ3) is 4.04. The van der Waals surface area contributed by atoms with Crippen LogP contribution >= 0.6 is 0 Å². The lowest BCUT2D eigenvalue weighted by atomic mass is 9.94. The highest BCUT2D eigenvalue weighted by atomic mass is 32.2. The number of sulfonamides is 1. The van der Waals surface area contributed by atoms with E-state index in [9.17, 15) is 13.2 Å². The summed E-state index contributed by atoms with van der Waals surface area (Å²) >= 11 is 0. The fourth-order valence-electron chi connectivity index (χ4n) is 3.64. The Morgan fingerprint density at radius 1 is 1.15 bits per heavy atom. The molecule has 26 heavy (non-hydrogen) atoms. The largest absolute Gasteiger partial charge is 0.268 e. The minimum absolute atomic E-state index is 0.219. The molecule has 1 aromatic carbocycles. The second kappa shape index (κ2) is 7.32. The zero-order chi connectivity index (χ0) is 18.9. The van der Waals surface area contributed by atoms with Gasteiger partial charge in [-0.25, -0.2) is 13.5 Å². The van der Waals surface area contributed by atoms with E-state index in [1.807, 2.05) is 6.92 Å². The number of nitrogens with one attached hydrogen (secondary N) is 1. The summed E-state index contributed by atoms with van der Waals surface area (Å²) in [5.74, 6) is 0.740. The zero-order valence-corrected chi connectivity index (χ0v) is 16.2. The third-order valence-electron chi connectivity index (χ3n) is 4.80. The number of aromatic nitrogens is 2. The fraction of sp³-hybridized carbons (Fsp3) is 0.474. The summed E-state index contributed by atoms with van der Waals surface area (Å²) in [5, 5.41) is 6.34. The van der Waals surface area contributed by atoms with Crippen LogP contribution in [0.25, 0.3) is 0 Å². The molecule has 0 aliphatic carbocycles. The highest BCUT2D eigenvalue weighted by Crippen LogP contribution is 2.26. The molecule has 0 radical (unpaired) electrons. The molecule has 2 heterocycles. The van der Waals surface area contributed by atoms with Crippen LogP contribution in [-0.2, 0) is 16.4 Å². The number of aryl methyl sites for hydroxylation is 1. The number of aromatic amines is 1. The normalized spacial score (nSPS) is 21.7. The Labute approximate surface area is 154 Å². The van der Waals surface area contributed by atoms with E-state index in [0.29, 0.717) is 41.8 Å². The SMILES string of the molecule is Cc1cc(Cc2ccc(S(=O)(=O)N3C[C@H](C)C[C@@H](C)C3)cc2)c(=O)[nH]n1. The zero-order valence-electron chi connectivity index (χ0n) is 15.4. The molecule has 0 spiro atoms. The Morgan fingerprint density at radius 3 is 2.38 bits per heavy atom. The molecule has 2 aromatic rings. The van der Waals surface area contributed by atoms with Gasteiger partial charge in [0.1, 0.15) is 0 Å². The molecule has 1 aliphatic heterocycles. The first-order valence-electron chi connectivity index (χ1n) is 8.90. The molecule has 1 aliphatic rings. The number of hydrogen-bond acceptors (Lipinski definition) is 4. The smallest absolute Gasteiger partial charge is 0.267 e. The van der Waals surface area contributed by atoms with E-state index in [-0.39, 0.29) is 5.56 Å². The summed E-state index contributed by atoms with van der Waals surface area (Å²) in [4.78, 5) is 12.2. The Bertz CT molecular complexity index is 925. The van der Waals surface area contributed by atoms with Gasteiger partial charge in [-0.05, 0) is 48.9 Å². The summed E-state index contributed by atoms with van der Waals surface area (Å²) < 4.78 is 27.4. The van der Waals surface area contributed by atoms with Gasteiger partial charge < -0.3 is 0 Å². The maximum Gasteiger partial charge on any atom is 0.267 e. The van der Waals surface area contributed by atoms with Gasteiger partial charge in [0.15, 0.2) is 0 Å². The van der Waals surface area contributed by atoms with Crippen LogP contribution in [0, 0.1) is 18.8 Å². The Hall–Kier alpha value is -1.99. The first kappa shape index (κ1) is 18.8. The van der Waals surface area contributed by atoms with Crippen LogP contribution in [0.3, 0.4) is 0 Å². The number of nitrogens with zero attached hydrogens (tertiary/aromatic N) is 2. The molecule has 0 amide bonds. The quantitative estimate of drug-likeness (QED) is 0.889. The molecule has 0 saturated carbocycles. The van der Waals surface area contributed by atoms with Gasteiger partial charge in [-0.3, -0.25) is 4.79 Å². The predicted octanol–water partition coefficient (Wildman–Crippen LogP) is 2.34. The molecule has 6 nitrogen and oxygen atoms in total. The van der Waals surface area contributed by atoms with Crippen molar-refractivity contribution in [3.05, 3.63) is 57.5 Å². The minimum Gasteiger partial charge on any atom is -0.268 e. The molecular formula is C19H25N3O3S. The Morgan fingerprint density at radius 2 is 1.77 bits per heavy atom. The molecule has 3 rings (SSSR count). The molecule has 140 valence electrons. The lowest BCUT2D eigenvalue weighted by molar-refractivity contribution is 0.222. The summed E-state index contributed by atoms with van der Waals surface area (Å²) in [6.07, 6.45) is 1.50. The number of rotatable bonds is 4. The first-order valence-corrected chi connectivity index (χ1v) is 10.3. The van der Waals surface area contributed by atoms with E-state index in [2.05, 4.69) is 24.0 Å². The van der Waals surface area contributed by atoms with E-state index in [1.54, 1.807) is 34.6 Å². The third-order valence-corrected chi connectivity index (χ3v) is 6.65. The summed E-state index contributed by atoms with van der Waals surface area (Å²) in [6.45, 7) is 7.14. The average Bonchev–Trinajstić information content (AvgIpc) is 2.58. The minimum atomic E-state index is -3.48. The van der Waals surface area contributed by atoms with Crippen LogP contribution in [0.4, 0.5) is 0 Å². The van der Waals surface area contributed by atoms with Gasteiger partial charge in [-0.2, -0.15) is 9.40 Å². The van der Waals surface area contributed by atoms with Gasteiger partial charge in [0, 0.05) is 25.1 Å². The molecule has 1 saturated heterocycles. The van der Waals surface area contributed by atoms with Crippen LogP contribution in [-0.4, -0.2) is 36.0 Å². The average molecular weight is 375 g/mol. The molecule has 0 bridgehead atoms. The molecule has 2 atom stereocenters. The van der Waals surface area contributed by atoms with E-state index < -0.39 is 10.0 Å². The van der Waals surface area contributed by atoms with Crippen molar-refractivity contribution in [3.63, 3.8) is 0 Å². The Balaban J connectivity index is 1.80. The van der Waals surface area contributed by atoms with Crippen LogP contribution in [0.2, 0.25) is 0 Å². The highest BCUT2D eigenvalue weighted by Gasteiger charge is 2.31. The van der Waals surface area contributed by atoms with Crippen LogP contribution in [0.1, 0.15) is 37.1 Å². The number of hydrogen-bond donors (Lipinski definition) is 1. The predicted molar refractivity (Wildman–Crippen MR) is 101 cm³/mol. The maximum atomic E-state index is 12.9. The van der Waals surface area contributed by atoms with Crippen LogP contribution in [0.5, 0.6) is 0 Å². The fourth-order valence-corrected chi connectivity index (χ4v) is 5.32. The van der Waals surface area contributed by atoms with E-state index >= 15 is 0 Å². The summed E-state index contributed by atoms with van der Waals surface area (Å²) in [7, 11) is -3.48. The van der Waals surface area contributed by atoms with Crippen molar-refractivity contribution >= 4 is 10.0 Å². The molecular weight excluding hydrogens is 350 g/mol. The standard InChI is InChI=1S/C19H25N3O3S/c1-13-8-14(2)12-22(11-13)26(24,25)18-6-4-16(5-7-18)10-17-9-15(3)20-21-19(17)23/h4-7,9,13-14H,8,10-12H2,1-3H3,(H,21,23)/t13-,14-/m1/s1. The maximum absolute atomic E-state index is 12.9. The van der Waals surface area contributed by atoms with Crippen molar-refractivity contribution in [3.8, 4) is 0 Å². The summed E-state index contributed by atoms with van der Waals surface area (Å²) in [5.41, 5.74) is 2.03. The molecule has 1 N–H and O–H groups in total. The number of benzene rings is 1. The molecule has 7 heteroatoms. The van der Waals surface area contributed by atoms with Crippen LogP contribution in [0.15, 0.2) is 40.0 Å². The first-order chi connectivity index (χ1) is 12.3. The number of H-pyrrole nitrogens is 1. The Kier molecular flexibility index (Phi) is 5.29. The highest BCUT2D eigenvalue weighted by molar-refractivity contribution is 7.89. The van der Waals surface area contributed by atoms with Crippen molar-refractivity contribution in [2.75, 3.05) is 13.1 Å². The monoisotopic (exact) mass is 375 g/mol. The van der Waals surface area contributed by atoms with Crippen molar-refractivity contribution in [2.45, 2.75) is 38.5 Å². The van der Waals surface area contributed by atoms with Gasteiger partial charge in [0.25, 0.3) is 5.56 Å². The molecule has 0 unspecified atom stereocenters. The van der Waals surface area contributed by atoms with Gasteiger partial charge >= 0.3 is 0 Å².